The van der Waals surface area contributed by atoms with Crippen molar-refractivity contribution in [1.29, 1.82) is 0 Å². The van der Waals surface area contributed by atoms with Crippen molar-refractivity contribution in [3.05, 3.63) is 0 Å². The van der Waals surface area contributed by atoms with E-state index in [1.54, 1.807) is 0 Å². The molecule has 5 saturated carbocycles. The molecule has 5 aliphatic rings. The first-order valence-electron chi connectivity index (χ1n) is 14.5. The molecule has 0 aromatic rings. The number of fused-ring (bicyclic) bond motifs is 5. The Bertz CT molecular complexity index is 843. The summed E-state index contributed by atoms with van der Waals surface area (Å²) in [5, 5.41) is 57.3. The van der Waals surface area contributed by atoms with E-state index in [1.807, 2.05) is 0 Å². The van der Waals surface area contributed by atoms with Crippen LogP contribution < -0.4 is 0 Å². The molecule has 202 valence electrons. The highest BCUT2D eigenvalue weighted by Gasteiger charge is 2.72. The normalized spacial score (nSPS) is 58.2. The Morgan fingerprint density at radius 3 is 2.17 bits per heavy atom. The van der Waals surface area contributed by atoms with E-state index >= 15 is 0 Å². The standard InChI is InChI=1S/C30H52O5/c1-16(2)17(3)26(4)15-23(26)29(7,34)22-9-8-20-19-12-24(33)30(35)13-18(31)10-11-28(30,6)25(19)21(32)14-27(20,22)5/h16-25,31-35H,8-15H2,1-7H3. The van der Waals surface area contributed by atoms with E-state index in [4.69, 9.17) is 0 Å². The average molecular weight is 493 g/mol. The lowest BCUT2D eigenvalue weighted by atomic mass is 9.41. The third kappa shape index (κ3) is 3.36. The van der Waals surface area contributed by atoms with Gasteiger partial charge in [-0.1, -0.05) is 41.5 Å². The molecule has 0 aromatic heterocycles. The van der Waals surface area contributed by atoms with Crippen LogP contribution in [-0.4, -0.2) is 55.0 Å². The van der Waals surface area contributed by atoms with Crippen LogP contribution in [0.1, 0.15) is 99.8 Å². The van der Waals surface area contributed by atoms with Gasteiger partial charge in [-0.15, -0.1) is 0 Å². The lowest BCUT2D eigenvalue weighted by Crippen LogP contribution is -2.71. The SMILES string of the molecule is CC(C)C(C)C1(C)CC1C(C)(O)C1CCC2C3CC(O)C4(O)CC(O)CCC4(C)C3C(O)CC21C. The summed E-state index contributed by atoms with van der Waals surface area (Å²) in [6.07, 6.45) is 3.51. The predicted molar refractivity (Wildman–Crippen MR) is 136 cm³/mol. The van der Waals surface area contributed by atoms with Gasteiger partial charge in [0.2, 0.25) is 0 Å². The number of hydrogen-bond donors (Lipinski definition) is 5. The first-order valence-corrected chi connectivity index (χ1v) is 14.5. The molecule has 5 aliphatic carbocycles. The molecule has 35 heavy (non-hydrogen) atoms. The Hall–Kier alpha value is -0.200. The summed E-state index contributed by atoms with van der Waals surface area (Å²) in [6.45, 7) is 15.7. The third-order valence-corrected chi connectivity index (χ3v) is 13.5. The van der Waals surface area contributed by atoms with Crippen molar-refractivity contribution in [2.75, 3.05) is 0 Å². The monoisotopic (exact) mass is 492 g/mol. The maximum atomic E-state index is 12.2. The fourth-order valence-electron chi connectivity index (χ4n) is 11.1. The fraction of sp³-hybridized carbons (Fsp3) is 1.00. The van der Waals surface area contributed by atoms with Gasteiger partial charge in [-0.3, -0.25) is 0 Å². The van der Waals surface area contributed by atoms with Gasteiger partial charge in [0.25, 0.3) is 0 Å². The molecule has 5 fully saturated rings. The van der Waals surface area contributed by atoms with Gasteiger partial charge >= 0.3 is 0 Å². The Kier molecular flexibility index (Phi) is 5.97. The summed E-state index contributed by atoms with van der Waals surface area (Å²) in [7, 11) is 0. The third-order valence-electron chi connectivity index (χ3n) is 13.5. The van der Waals surface area contributed by atoms with Gasteiger partial charge in [0.15, 0.2) is 0 Å². The second-order valence-electron chi connectivity index (χ2n) is 15.2. The average Bonchev–Trinajstić information content (AvgIpc) is 3.33. The van der Waals surface area contributed by atoms with Gasteiger partial charge in [-0.25, -0.2) is 0 Å². The first-order chi connectivity index (χ1) is 16.0. The van der Waals surface area contributed by atoms with Crippen molar-refractivity contribution in [3.63, 3.8) is 0 Å². The molecule has 0 aromatic carbocycles. The number of aliphatic hydroxyl groups excluding tert-OH is 3. The largest absolute Gasteiger partial charge is 0.393 e. The second-order valence-corrected chi connectivity index (χ2v) is 15.2. The van der Waals surface area contributed by atoms with Gasteiger partial charge in [0, 0.05) is 11.8 Å². The van der Waals surface area contributed by atoms with Crippen LogP contribution >= 0.6 is 0 Å². The zero-order valence-corrected chi connectivity index (χ0v) is 23.2. The van der Waals surface area contributed by atoms with Crippen LogP contribution in [0.4, 0.5) is 0 Å². The summed E-state index contributed by atoms with van der Waals surface area (Å²) < 4.78 is 0. The van der Waals surface area contributed by atoms with Crippen LogP contribution in [0.3, 0.4) is 0 Å². The molecule has 0 radical (unpaired) electrons. The fourth-order valence-corrected chi connectivity index (χ4v) is 11.1. The van der Waals surface area contributed by atoms with Crippen LogP contribution in [0, 0.1) is 57.7 Å². The maximum Gasteiger partial charge on any atom is 0.0986 e. The molecule has 5 N–H and O–H groups in total. The predicted octanol–water partition coefficient (Wildman–Crippen LogP) is 4.13. The van der Waals surface area contributed by atoms with Gasteiger partial charge < -0.3 is 25.5 Å². The topological polar surface area (TPSA) is 101 Å². The lowest BCUT2D eigenvalue weighted by molar-refractivity contribution is -0.284. The van der Waals surface area contributed by atoms with E-state index in [1.165, 1.54) is 0 Å². The van der Waals surface area contributed by atoms with Gasteiger partial charge in [-0.2, -0.15) is 0 Å². The molecule has 0 aliphatic heterocycles. The van der Waals surface area contributed by atoms with E-state index in [9.17, 15) is 25.5 Å². The molecule has 14 unspecified atom stereocenters. The Balaban J connectivity index is 1.45. The minimum atomic E-state index is -1.35. The highest BCUT2D eigenvalue weighted by atomic mass is 16.3. The minimum Gasteiger partial charge on any atom is -0.393 e. The zero-order chi connectivity index (χ0) is 25.9. The highest BCUT2D eigenvalue weighted by Crippen LogP contribution is 2.73. The maximum absolute atomic E-state index is 12.2. The number of aliphatic hydroxyl groups is 5. The van der Waals surface area contributed by atoms with E-state index in [-0.39, 0.29) is 40.9 Å². The van der Waals surface area contributed by atoms with E-state index in [0.717, 1.165) is 19.3 Å². The number of hydrogen-bond acceptors (Lipinski definition) is 5. The Morgan fingerprint density at radius 1 is 0.886 bits per heavy atom. The molecule has 14 atom stereocenters. The molecular weight excluding hydrogens is 440 g/mol. The molecule has 0 heterocycles. The molecule has 0 amide bonds. The second kappa shape index (κ2) is 7.91. The summed E-state index contributed by atoms with van der Waals surface area (Å²) in [6, 6.07) is 0. The smallest absolute Gasteiger partial charge is 0.0986 e. The van der Waals surface area contributed by atoms with Crippen molar-refractivity contribution in [3.8, 4) is 0 Å². The van der Waals surface area contributed by atoms with E-state index in [2.05, 4.69) is 48.5 Å². The molecular formula is C30H52O5. The quantitative estimate of drug-likeness (QED) is 0.406. The molecule has 5 heteroatoms. The molecule has 5 nitrogen and oxygen atoms in total. The Morgan fingerprint density at radius 2 is 1.54 bits per heavy atom. The first kappa shape index (κ1) is 26.4. The zero-order valence-electron chi connectivity index (χ0n) is 23.2. The Labute approximate surface area is 212 Å². The molecule has 0 saturated heterocycles. The van der Waals surface area contributed by atoms with E-state index in [0.29, 0.717) is 43.4 Å². The van der Waals surface area contributed by atoms with Crippen molar-refractivity contribution >= 4 is 0 Å². The van der Waals surface area contributed by atoms with Crippen LogP contribution in [0.2, 0.25) is 0 Å². The summed E-state index contributed by atoms with van der Waals surface area (Å²) >= 11 is 0. The number of rotatable bonds is 4. The van der Waals surface area contributed by atoms with Crippen molar-refractivity contribution < 1.29 is 25.5 Å². The van der Waals surface area contributed by atoms with Gasteiger partial charge in [-0.05, 0) is 104 Å². The van der Waals surface area contributed by atoms with Crippen molar-refractivity contribution in [1.82, 2.24) is 0 Å². The summed E-state index contributed by atoms with van der Waals surface area (Å²) in [4.78, 5) is 0. The van der Waals surface area contributed by atoms with Crippen LogP contribution in [0.25, 0.3) is 0 Å². The van der Waals surface area contributed by atoms with Crippen LogP contribution in [-0.2, 0) is 0 Å². The summed E-state index contributed by atoms with van der Waals surface area (Å²) in [5.74, 6) is 1.91. The van der Waals surface area contributed by atoms with Gasteiger partial charge in [0.1, 0.15) is 0 Å². The molecule has 0 spiro atoms. The minimum absolute atomic E-state index is 0.0858. The van der Waals surface area contributed by atoms with Crippen molar-refractivity contribution in [2.45, 2.75) is 129 Å². The van der Waals surface area contributed by atoms with Crippen LogP contribution in [0.15, 0.2) is 0 Å². The molecule has 5 rings (SSSR count). The highest BCUT2D eigenvalue weighted by molar-refractivity contribution is 5.21. The summed E-state index contributed by atoms with van der Waals surface area (Å²) in [5.41, 5.74) is -2.77. The van der Waals surface area contributed by atoms with Gasteiger partial charge in [0.05, 0.1) is 29.5 Å². The van der Waals surface area contributed by atoms with Crippen molar-refractivity contribution in [2.24, 2.45) is 57.7 Å². The van der Waals surface area contributed by atoms with Crippen LogP contribution in [0.5, 0.6) is 0 Å². The molecule has 0 bridgehead atoms. The van der Waals surface area contributed by atoms with E-state index < -0.39 is 34.9 Å². The lowest BCUT2D eigenvalue weighted by Gasteiger charge is -2.66.